The molecule has 0 saturated heterocycles. The second kappa shape index (κ2) is 6.52. The molecule has 0 N–H and O–H groups in total. The van der Waals surface area contributed by atoms with Gasteiger partial charge in [0, 0.05) is 21.7 Å². The van der Waals surface area contributed by atoms with E-state index in [2.05, 4.69) is 48.5 Å². The van der Waals surface area contributed by atoms with Crippen LogP contribution in [0.3, 0.4) is 0 Å². The third kappa shape index (κ3) is 1.47. The van der Waals surface area contributed by atoms with E-state index in [0.29, 0.717) is 23.7 Å². The first-order valence-electron chi connectivity index (χ1n) is 30.1. The van der Waals surface area contributed by atoms with Gasteiger partial charge in [-0.15, -0.1) is 0 Å². The summed E-state index contributed by atoms with van der Waals surface area (Å²) in [5, 5.41) is 83.6. The van der Waals surface area contributed by atoms with Gasteiger partial charge >= 0.3 is 0 Å². The Morgan fingerprint density at radius 2 is 0.295 bits per heavy atom. The molecule has 0 radical (unpaired) electrons. The average Bonchev–Trinajstić information content (AvgIpc) is 4.44. The summed E-state index contributed by atoms with van der Waals surface area (Å²) in [6.07, 6.45) is 2.55. The Morgan fingerprint density at radius 1 is 0.167 bits per heavy atom. The molecule has 4 spiro atoms. The minimum absolute atomic E-state index is 0.160. The second-order valence-electron chi connectivity index (χ2n) is 30.2. The van der Waals surface area contributed by atoms with Crippen molar-refractivity contribution in [1.82, 2.24) is 0 Å². The summed E-state index contributed by atoms with van der Waals surface area (Å²) >= 11 is 0. The summed E-state index contributed by atoms with van der Waals surface area (Å²) in [6.45, 7) is 0. The third-order valence-corrected chi connectivity index (χ3v) is 30.9. The van der Waals surface area contributed by atoms with Crippen molar-refractivity contribution in [3.63, 3.8) is 0 Å². The Morgan fingerprint density at radius 3 is 0.487 bits per heavy atom. The summed E-state index contributed by atoms with van der Waals surface area (Å²) < 4.78 is 0. The molecule has 39 rings (SSSR count). The van der Waals surface area contributed by atoms with Crippen LogP contribution in [0.5, 0.6) is 0 Å². The van der Waals surface area contributed by atoms with E-state index >= 15 is 0 Å². The Kier molecular flexibility index (Phi) is 2.43. The van der Waals surface area contributed by atoms with Crippen LogP contribution in [0, 0.1) is 0 Å². The fraction of sp³-hybridized carbons (Fsp3) is 0.128. The first-order chi connectivity index (χ1) is 38.9. The van der Waals surface area contributed by atoms with Gasteiger partial charge in [0.1, 0.15) is 0 Å². The quantitative estimate of drug-likeness (QED) is 0.133. The maximum absolute atomic E-state index is 2.66. The summed E-state index contributed by atoms with van der Waals surface area (Å²) in [7, 11) is 0. The Labute approximate surface area is 429 Å². The molecule has 13 aliphatic carbocycles. The SMILES string of the molecule is c1ccc2c(c1)C1CC2C23c4c5c6c7c8c9c(c%10c%11c2c2c%12c4c4c%13c5c5c7c7c%14c%15c%16c%17c%18c%19c%20c%21c%22c%23c%24c(c%25c%15c(c%15c9c%10c9c(c%24c%10c%22c(c2c%11c%109)c%21c%12c4c%20c%18c%13c5c%17%14)c%25%15)c87)C%162C4CC(c5ccccc54)C%23%192)C613. The number of fused-ring (bicyclic) bond motifs is 5. The van der Waals surface area contributed by atoms with Crippen molar-refractivity contribution in [2.75, 3.05) is 0 Å². The summed E-state index contributed by atoms with van der Waals surface area (Å²) in [4.78, 5) is 0. The minimum atomic E-state index is -0.160. The number of rotatable bonds is 0. The van der Waals surface area contributed by atoms with Crippen LogP contribution in [-0.4, -0.2) is 0 Å². The van der Waals surface area contributed by atoms with Crippen LogP contribution in [0.15, 0.2) is 48.5 Å². The van der Waals surface area contributed by atoms with E-state index in [1.807, 2.05) is 44.5 Å². The zero-order valence-electron chi connectivity index (χ0n) is 40.3. The highest BCUT2D eigenvalue weighted by atomic mass is 14.8. The predicted molar refractivity (Wildman–Crippen MR) is 320 cm³/mol. The zero-order chi connectivity index (χ0) is 46.0. The molecule has 0 nitrogen and oxygen atoms in total. The van der Waals surface area contributed by atoms with Gasteiger partial charge in [0.2, 0.25) is 0 Å². The molecule has 8 atom stereocenters. The fourth-order valence-corrected chi connectivity index (χ4v) is 31.6. The first kappa shape index (κ1) is 29.1. The van der Waals surface area contributed by atoms with Gasteiger partial charge in [0.05, 0.1) is 0 Å². The monoisotopic (exact) mass is 952 g/mol. The van der Waals surface area contributed by atoms with Crippen LogP contribution < -0.4 is 0 Å². The topological polar surface area (TPSA) is 0 Å². The van der Waals surface area contributed by atoms with Gasteiger partial charge in [0.25, 0.3) is 0 Å². The lowest BCUT2D eigenvalue weighted by molar-refractivity contribution is 0.325. The maximum atomic E-state index is 2.66. The molecule has 328 valence electrons. The standard InChI is InChI=1S/C78H16/c1-2-6-12-11(5-1)15-9-16(12)76-68-54-40-30-26-25-29-36-32-22-21-31-35-27-23-24-28-37-33-19-20(44(40)62(68)61-43(19)39(28)53-49(23)57(35)71(75(15,76)67(53)61)65(47(31)32)72(76)58(36)50(25)54)34-38(30)60-52(26)56-42(29)46(22)64-63-45(21)41(27)55-51(24)59(37)73-66(48(33)34)74(60)78(70(56)64)18-10-17(77(73,78)69(55)63)13-7-3-4-8-14(13)18/h1-8,15-18H,9-10H2. The largest absolute Gasteiger partial charge is 0.0620 e. The molecular formula is C78H16. The van der Waals surface area contributed by atoms with E-state index < -0.39 is 0 Å². The number of benzene rings is 16. The predicted octanol–water partition coefficient (Wildman–Crippen LogP) is 19.4. The van der Waals surface area contributed by atoms with Gasteiger partial charge in [0.15, 0.2) is 0 Å². The van der Waals surface area contributed by atoms with Gasteiger partial charge in [-0.3, -0.25) is 0 Å². The smallest absolute Gasteiger partial charge is 0.0440 e. The van der Waals surface area contributed by atoms with Crippen LogP contribution in [0.2, 0.25) is 0 Å². The van der Waals surface area contributed by atoms with Crippen molar-refractivity contribution in [1.29, 1.82) is 0 Å². The second-order valence-corrected chi connectivity index (χ2v) is 30.2. The van der Waals surface area contributed by atoms with Crippen LogP contribution in [0.4, 0.5) is 0 Å². The zero-order valence-corrected chi connectivity index (χ0v) is 40.3. The molecule has 8 unspecified atom stereocenters. The molecule has 13 aliphatic rings. The van der Waals surface area contributed by atoms with Gasteiger partial charge in [-0.2, -0.15) is 0 Å². The van der Waals surface area contributed by atoms with Crippen LogP contribution >= 0.6 is 0 Å². The highest BCUT2D eigenvalue weighted by Gasteiger charge is 2.82. The summed E-state index contributed by atoms with van der Waals surface area (Å²) in [5.74, 6) is 1.77. The van der Waals surface area contributed by atoms with Crippen molar-refractivity contribution in [3.8, 4) is 0 Å². The molecular weight excluding hydrogens is 937 g/mol. The highest BCUT2D eigenvalue weighted by Crippen LogP contribution is 2.94. The molecule has 26 aromatic rings. The molecule has 2 saturated carbocycles. The van der Waals surface area contributed by atoms with Gasteiger partial charge in [-0.1, -0.05) is 48.5 Å². The first-order valence-corrected chi connectivity index (χ1v) is 30.1. The lowest BCUT2D eigenvalue weighted by atomic mass is 9.44. The molecule has 2 fully saturated rings. The molecule has 4 bridgehead atoms. The highest BCUT2D eigenvalue weighted by molar-refractivity contribution is 6.77. The van der Waals surface area contributed by atoms with E-state index in [1.165, 1.54) is 12.8 Å². The molecule has 0 heteroatoms. The van der Waals surface area contributed by atoms with Gasteiger partial charge in [-0.05, 0) is 362 Å². The van der Waals surface area contributed by atoms with Crippen molar-refractivity contribution in [3.05, 3.63) is 115 Å². The Bertz CT molecular complexity index is 7160. The molecule has 0 amide bonds. The molecule has 78 heavy (non-hydrogen) atoms. The van der Waals surface area contributed by atoms with E-state index in [4.69, 9.17) is 0 Å². The fourth-order valence-electron chi connectivity index (χ4n) is 31.6. The molecule has 26 aromatic carbocycles. The molecule has 0 aliphatic heterocycles. The normalized spacial score (nSPS) is 30.7. The van der Waals surface area contributed by atoms with Crippen LogP contribution in [-0.2, 0) is 21.7 Å². The van der Waals surface area contributed by atoms with E-state index in [9.17, 15) is 0 Å². The molecule has 0 aromatic heterocycles. The van der Waals surface area contributed by atoms with Crippen LogP contribution in [0.1, 0.15) is 103 Å². The van der Waals surface area contributed by atoms with Gasteiger partial charge in [-0.25, -0.2) is 0 Å². The average molecular weight is 953 g/mol. The Balaban J connectivity index is 1.09. The lowest BCUT2D eigenvalue weighted by Gasteiger charge is -2.56. The lowest BCUT2D eigenvalue weighted by Crippen LogP contribution is -2.53. The van der Waals surface area contributed by atoms with Crippen molar-refractivity contribution in [2.24, 2.45) is 0 Å². The Hall–Kier alpha value is -8.84. The van der Waals surface area contributed by atoms with Crippen molar-refractivity contribution < 1.29 is 0 Å². The van der Waals surface area contributed by atoms with E-state index in [-0.39, 0.29) is 21.7 Å². The summed E-state index contributed by atoms with van der Waals surface area (Å²) in [5.41, 5.74) is 21.0. The van der Waals surface area contributed by atoms with E-state index in [0.717, 1.165) is 0 Å². The number of hydrogen-bond donors (Lipinski definition) is 0. The van der Waals surface area contributed by atoms with Crippen molar-refractivity contribution >= 4 is 259 Å². The third-order valence-electron chi connectivity index (χ3n) is 30.9. The van der Waals surface area contributed by atoms with E-state index in [1.54, 1.807) is 281 Å². The van der Waals surface area contributed by atoms with Crippen molar-refractivity contribution in [2.45, 2.75) is 58.2 Å². The minimum Gasteiger partial charge on any atom is -0.0620 e. The number of hydrogen-bond acceptors (Lipinski definition) is 0. The molecule has 0 heterocycles. The van der Waals surface area contributed by atoms with Crippen LogP contribution in [0.25, 0.3) is 259 Å². The summed E-state index contributed by atoms with van der Waals surface area (Å²) in [6, 6.07) is 20.4. The maximum Gasteiger partial charge on any atom is 0.0440 e. The van der Waals surface area contributed by atoms with Gasteiger partial charge < -0.3 is 0 Å².